The van der Waals surface area contributed by atoms with Crippen LogP contribution in [0, 0.1) is 0 Å². The summed E-state index contributed by atoms with van der Waals surface area (Å²) in [7, 11) is 1.46. The summed E-state index contributed by atoms with van der Waals surface area (Å²) in [5.74, 6) is 0. The lowest BCUT2D eigenvalue weighted by Gasteiger charge is -2.06. The molecule has 2 aromatic carbocycles. The minimum absolute atomic E-state index is 0.0203. The lowest BCUT2D eigenvalue weighted by atomic mass is 10.0. The van der Waals surface area contributed by atoms with Crippen LogP contribution in [0.3, 0.4) is 0 Å². The highest BCUT2D eigenvalue weighted by atomic mass is 79.9. The topological polar surface area (TPSA) is 38.7 Å². The van der Waals surface area contributed by atoms with E-state index < -0.39 is 0 Å². The molecule has 0 saturated carbocycles. The van der Waals surface area contributed by atoms with Crippen LogP contribution < -0.4 is 0 Å². The fraction of sp³-hybridized carbons (Fsp3) is 0.125. The fourth-order valence-corrected chi connectivity index (χ4v) is 2.63. The molecular weight excluding hydrogens is 352 g/mol. The predicted molar refractivity (Wildman–Crippen MR) is 89.5 cm³/mol. The number of aliphatic hydroxyl groups excluding tert-OH is 1. The Labute approximate surface area is 136 Å². The van der Waals surface area contributed by atoms with Crippen molar-refractivity contribution in [2.45, 2.75) is 4.90 Å². The zero-order chi connectivity index (χ0) is 15.1. The van der Waals surface area contributed by atoms with Gasteiger partial charge in [-0.3, -0.25) is 0 Å². The third-order valence-corrected chi connectivity index (χ3v) is 3.95. The van der Waals surface area contributed by atoms with Crippen molar-refractivity contribution in [2.75, 3.05) is 13.7 Å². The molecule has 3 nitrogen and oxygen atoms in total. The summed E-state index contributed by atoms with van der Waals surface area (Å²) in [4.78, 5) is 5.47. The molecule has 0 atom stereocenters. The molecule has 0 saturated heterocycles. The summed E-state index contributed by atoms with van der Waals surface area (Å²) in [6.07, 6.45) is 1.97. The number of benzene rings is 2. The molecule has 0 aromatic heterocycles. The summed E-state index contributed by atoms with van der Waals surface area (Å²) in [5.41, 5.74) is 2.87. The Morgan fingerprint density at radius 2 is 2.00 bits per heavy atom. The van der Waals surface area contributed by atoms with Crippen molar-refractivity contribution in [2.24, 2.45) is 0 Å². The van der Waals surface area contributed by atoms with Gasteiger partial charge in [-0.2, -0.15) is 4.33 Å². The molecule has 0 amide bonds. The molecule has 0 radical (unpaired) electrons. The van der Waals surface area contributed by atoms with Gasteiger partial charge in [0.05, 0.1) is 25.8 Å². The second-order valence-electron chi connectivity index (χ2n) is 4.23. The summed E-state index contributed by atoms with van der Waals surface area (Å²) < 4.78 is 5.81. The van der Waals surface area contributed by atoms with Gasteiger partial charge in [0.2, 0.25) is 0 Å². The van der Waals surface area contributed by atoms with Crippen molar-refractivity contribution in [3.05, 3.63) is 64.1 Å². The van der Waals surface area contributed by atoms with E-state index in [0.29, 0.717) is 0 Å². The third kappa shape index (κ3) is 4.98. The van der Waals surface area contributed by atoms with Crippen LogP contribution in [-0.4, -0.2) is 18.8 Å². The van der Waals surface area contributed by atoms with Crippen LogP contribution in [0.1, 0.15) is 11.1 Å². The van der Waals surface area contributed by atoms with Crippen molar-refractivity contribution >= 4 is 39.6 Å². The number of halogens is 1. The number of aliphatic hydroxyl groups is 1. The Balaban J connectivity index is 2.20. The van der Waals surface area contributed by atoms with Crippen molar-refractivity contribution in [3.63, 3.8) is 0 Å². The van der Waals surface area contributed by atoms with Gasteiger partial charge in [-0.1, -0.05) is 40.2 Å². The van der Waals surface area contributed by atoms with E-state index in [-0.39, 0.29) is 6.61 Å². The largest absolute Gasteiger partial charge is 0.392 e. The van der Waals surface area contributed by atoms with E-state index in [2.05, 4.69) is 20.8 Å². The normalized spacial score (nSPS) is 11.7. The third-order valence-electron chi connectivity index (χ3n) is 2.78. The van der Waals surface area contributed by atoms with Gasteiger partial charge in [0, 0.05) is 9.37 Å². The molecule has 1 N–H and O–H groups in total. The molecule has 5 heteroatoms. The lowest BCUT2D eigenvalue weighted by molar-refractivity contribution is -0.160. The van der Waals surface area contributed by atoms with E-state index in [9.17, 15) is 5.11 Å². The predicted octanol–water partition coefficient (Wildman–Crippen LogP) is 4.57. The van der Waals surface area contributed by atoms with Crippen molar-refractivity contribution in [1.29, 1.82) is 0 Å². The van der Waals surface area contributed by atoms with Crippen LogP contribution in [0.4, 0.5) is 0 Å². The van der Waals surface area contributed by atoms with E-state index in [1.54, 1.807) is 0 Å². The van der Waals surface area contributed by atoms with Gasteiger partial charge in [-0.25, -0.2) is 4.89 Å². The molecular formula is C16H15BrO3S. The summed E-state index contributed by atoms with van der Waals surface area (Å²) in [5, 5.41) is 9.59. The van der Waals surface area contributed by atoms with Crippen molar-refractivity contribution < 1.29 is 14.3 Å². The molecule has 0 aliphatic carbocycles. The van der Waals surface area contributed by atoms with E-state index in [0.717, 1.165) is 38.1 Å². The molecule has 0 aliphatic rings. The maximum absolute atomic E-state index is 9.59. The van der Waals surface area contributed by atoms with E-state index in [1.807, 2.05) is 54.6 Å². The van der Waals surface area contributed by atoms with Crippen LogP contribution >= 0.6 is 28.0 Å². The average Bonchev–Trinajstić information content (AvgIpc) is 2.51. The van der Waals surface area contributed by atoms with Gasteiger partial charge in [0.1, 0.15) is 0 Å². The lowest BCUT2D eigenvalue weighted by Crippen LogP contribution is -1.91. The SMILES string of the molecule is COOSc1ccc(/C(=C\c2cccc(Br)c2)CO)cc1. The molecule has 0 fully saturated rings. The Morgan fingerprint density at radius 3 is 2.62 bits per heavy atom. The second-order valence-corrected chi connectivity index (χ2v) is 5.91. The molecule has 0 spiro atoms. The first-order chi connectivity index (χ1) is 10.2. The first-order valence-corrected chi connectivity index (χ1v) is 7.81. The molecule has 21 heavy (non-hydrogen) atoms. The second kappa shape index (κ2) is 8.36. The summed E-state index contributed by atoms with van der Waals surface area (Å²) in [6, 6.07) is 15.7. The van der Waals surface area contributed by atoms with E-state index >= 15 is 0 Å². The molecule has 2 rings (SSSR count). The van der Waals surface area contributed by atoms with Crippen LogP contribution in [0.25, 0.3) is 11.6 Å². The van der Waals surface area contributed by atoms with Gasteiger partial charge in [-0.05, 0) is 47.0 Å². The Hall–Kier alpha value is -1.11. The quantitative estimate of drug-likeness (QED) is 0.351. The number of hydrogen-bond acceptors (Lipinski definition) is 4. The van der Waals surface area contributed by atoms with Gasteiger partial charge < -0.3 is 5.11 Å². The minimum Gasteiger partial charge on any atom is -0.392 e. The van der Waals surface area contributed by atoms with Crippen LogP contribution in [0.5, 0.6) is 0 Å². The zero-order valence-corrected chi connectivity index (χ0v) is 13.9. The zero-order valence-electron chi connectivity index (χ0n) is 11.5. The molecule has 0 bridgehead atoms. The minimum atomic E-state index is -0.0203. The van der Waals surface area contributed by atoms with Gasteiger partial charge in [-0.15, -0.1) is 0 Å². The maximum Gasteiger partial charge on any atom is 0.0725 e. The monoisotopic (exact) mass is 366 g/mol. The summed E-state index contributed by atoms with van der Waals surface area (Å²) >= 11 is 4.59. The molecule has 110 valence electrons. The van der Waals surface area contributed by atoms with Crippen LogP contribution in [-0.2, 0) is 9.22 Å². The molecule has 0 heterocycles. The van der Waals surface area contributed by atoms with Gasteiger partial charge in [0.15, 0.2) is 0 Å². The van der Waals surface area contributed by atoms with Crippen molar-refractivity contribution in [3.8, 4) is 0 Å². The summed E-state index contributed by atoms with van der Waals surface area (Å²) in [6.45, 7) is -0.0203. The van der Waals surface area contributed by atoms with Crippen molar-refractivity contribution in [1.82, 2.24) is 0 Å². The highest BCUT2D eigenvalue weighted by Crippen LogP contribution is 2.24. The smallest absolute Gasteiger partial charge is 0.0725 e. The standard InChI is InChI=1S/C16H15BrO3S/c1-19-20-21-16-7-5-13(6-8-16)14(11-18)9-12-3-2-4-15(17)10-12/h2-10,18H,11H2,1H3/b14-9-. The van der Waals surface area contributed by atoms with Crippen LogP contribution in [0.15, 0.2) is 57.9 Å². The number of rotatable bonds is 6. The maximum atomic E-state index is 9.59. The highest BCUT2D eigenvalue weighted by Gasteiger charge is 2.03. The van der Waals surface area contributed by atoms with Crippen LogP contribution in [0.2, 0.25) is 0 Å². The Kier molecular flexibility index (Phi) is 6.48. The molecule has 0 aliphatic heterocycles. The molecule has 2 aromatic rings. The highest BCUT2D eigenvalue weighted by molar-refractivity contribution is 9.10. The van der Waals surface area contributed by atoms with Gasteiger partial charge in [0.25, 0.3) is 0 Å². The Morgan fingerprint density at radius 1 is 1.24 bits per heavy atom. The van der Waals surface area contributed by atoms with E-state index in [4.69, 9.17) is 4.33 Å². The Bertz CT molecular complexity index is 611. The average molecular weight is 367 g/mol. The first-order valence-electron chi connectivity index (χ1n) is 6.27. The molecule has 0 unspecified atom stereocenters. The fourth-order valence-electron chi connectivity index (χ4n) is 1.82. The van der Waals surface area contributed by atoms with E-state index in [1.165, 1.54) is 7.11 Å². The first kappa shape index (κ1) is 16.3. The van der Waals surface area contributed by atoms with Gasteiger partial charge >= 0.3 is 0 Å². The number of hydrogen-bond donors (Lipinski definition) is 1.